The predicted octanol–water partition coefficient (Wildman–Crippen LogP) is 4.04. The molecule has 1 aromatic heterocycles. The summed E-state index contributed by atoms with van der Waals surface area (Å²) in [6.07, 6.45) is 0.0760. The molecule has 0 radical (unpaired) electrons. The Labute approximate surface area is 184 Å². The summed E-state index contributed by atoms with van der Waals surface area (Å²) < 4.78 is 34.1. The van der Waals surface area contributed by atoms with Gasteiger partial charge in [-0.25, -0.2) is 14.6 Å². The van der Waals surface area contributed by atoms with Gasteiger partial charge in [0.2, 0.25) is 0 Å². The highest BCUT2D eigenvalue weighted by atomic mass is 19.4. The summed E-state index contributed by atoms with van der Waals surface area (Å²) in [5.41, 5.74) is 2.58. The molecule has 1 aromatic carbocycles. The van der Waals surface area contributed by atoms with E-state index in [0.29, 0.717) is 0 Å². The number of halogens is 3. The monoisotopic (exact) mass is 452 g/mol. The number of likely N-dealkylation sites (tertiary alicyclic amines) is 1. The second-order valence-electron chi connectivity index (χ2n) is 8.41. The lowest BCUT2D eigenvalue weighted by Gasteiger charge is -2.38. The molecule has 0 aliphatic carbocycles. The number of carbonyl (C=O) groups is 2. The second kappa shape index (κ2) is 9.22. The van der Waals surface area contributed by atoms with Crippen LogP contribution in [0.15, 0.2) is 36.5 Å². The third-order valence-corrected chi connectivity index (χ3v) is 5.88. The van der Waals surface area contributed by atoms with Gasteiger partial charge in [0.1, 0.15) is 5.82 Å². The van der Waals surface area contributed by atoms with Gasteiger partial charge >= 0.3 is 18.2 Å². The number of carboxylic acids is 1. The fourth-order valence-electron chi connectivity index (χ4n) is 4.25. The van der Waals surface area contributed by atoms with Crippen molar-refractivity contribution in [1.29, 1.82) is 0 Å². The molecule has 0 bridgehead atoms. The van der Waals surface area contributed by atoms with E-state index >= 15 is 0 Å². The number of alkyl halides is 3. The molecule has 1 fully saturated rings. The van der Waals surface area contributed by atoms with Crippen molar-refractivity contribution in [1.82, 2.24) is 19.8 Å². The molecular weight excluding hydrogens is 425 g/mol. The number of piperidine rings is 1. The zero-order valence-electron chi connectivity index (χ0n) is 18.0. The lowest BCUT2D eigenvalue weighted by atomic mass is 9.77. The van der Waals surface area contributed by atoms with E-state index in [2.05, 4.69) is 34.1 Å². The van der Waals surface area contributed by atoms with Crippen LogP contribution in [0.25, 0.3) is 11.3 Å². The first-order valence-corrected chi connectivity index (χ1v) is 10.5. The minimum Gasteiger partial charge on any atom is -0.475 e. The summed E-state index contributed by atoms with van der Waals surface area (Å²) in [5.74, 6) is -1.54. The van der Waals surface area contributed by atoms with E-state index in [4.69, 9.17) is 14.9 Å². The fraction of sp³-hybridized carbons (Fsp3) is 0.500. The summed E-state index contributed by atoms with van der Waals surface area (Å²) >= 11 is 0. The summed E-state index contributed by atoms with van der Waals surface area (Å²) in [4.78, 5) is 27.9. The first-order valence-electron chi connectivity index (χ1n) is 10.5. The van der Waals surface area contributed by atoms with Crippen LogP contribution in [0.1, 0.15) is 38.9 Å². The minimum atomic E-state index is -5.08. The maximum atomic E-state index is 12.2. The first kappa shape index (κ1) is 23.6. The van der Waals surface area contributed by atoms with E-state index in [-0.39, 0.29) is 17.5 Å². The van der Waals surface area contributed by atoms with Crippen LogP contribution in [0.4, 0.5) is 18.0 Å². The predicted molar refractivity (Wildman–Crippen MR) is 112 cm³/mol. The average molecular weight is 452 g/mol. The van der Waals surface area contributed by atoms with Gasteiger partial charge in [-0.05, 0) is 38.7 Å². The number of aliphatic carboxylic acids is 1. The Balaban J connectivity index is 0.000000360. The molecule has 1 saturated heterocycles. The molecular formula is C22H27F3N4O3. The zero-order chi connectivity index (χ0) is 23.5. The van der Waals surface area contributed by atoms with Crippen molar-refractivity contribution in [3.8, 4) is 11.3 Å². The van der Waals surface area contributed by atoms with Crippen LogP contribution in [0.3, 0.4) is 0 Å². The molecule has 4 rings (SSSR count). The average Bonchev–Trinajstić information content (AvgIpc) is 3.30. The normalized spacial score (nSPS) is 17.0. The van der Waals surface area contributed by atoms with Crippen LogP contribution in [-0.4, -0.2) is 56.9 Å². The number of amides is 2. The van der Waals surface area contributed by atoms with Crippen LogP contribution in [-0.2, 0) is 16.8 Å². The number of fused-ring (bicyclic) bond motifs is 2. The number of hydrogen-bond donors (Lipinski definition) is 2. The van der Waals surface area contributed by atoms with Crippen molar-refractivity contribution in [2.45, 2.75) is 57.3 Å². The number of imidazole rings is 1. The summed E-state index contributed by atoms with van der Waals surface area (Å²) in [7, 11) is 0. The van der Waals surface area contributed by atoms with Crippen molar-refractivity contribution in [2.75, 3.05) is 13.1 Å². The van der Waals surface area contributed by atoms with Gasteiger partial charge < -0.3 is 19.9 Å². The van der Waals surface area contributed by atoms with Gasteiger partial charge in [0.15, 0.2) is 0 Å². The number of nitrogens with zero attached hydrogens (tertiary/aromatic N) is 3. The Morgan fingerprint density at radius 3 is 2.19 bits per heavy atom. The van der Waals surface area contributed by atoms with Crippen LogP contribution in [0, 0.1) is 0 Å². The number of benzene rings is 1. The van der Waals surface area contributed by atoms with Gasteiger partial charge in [-0.1, -0.05) is 30.3 Å². The Hall–Kier alpha value is -3.04. The molecule has 7 nitrogen and oxygen atoms in total. The number of rotatable bonds is 2. The van der Waals surface area contributed by atoms with Gasteiger partial charge in [0.05, 0.1) is 11.9 Å². The maximum absolute atomic E-state index is 12.2. The van der Waals surface area contributed by atoms with E-state index in [9.17, 15) is 18.0 Å². The molecule has 2 aliphatic heterocycles. The van der Waals surface area contributed by atoms with E-state index < -0.39 is 12.1 Å². The Bertz CT molecular complexity index is 949. The van der Waals surface area contributed by atoms with Crippen molar-refractivity contribution in [3.63, 3.8) is 0 Å². The Kier molecular flexibility index (Phi) is 6.80. The zero-order valence-corrected chi connectivity index (χ0v) is 18.0. The van der Waals surface area contributed by atoms with E-state index in [0.717, 1.165) is 38.9 Å². The molecule has 0 saturated carbocycles. The highest BCUT2D eigenvalue weighted by molar-refractivity contribution is 5.74. The molecule has 174 valence electrons. The van der Waals surface area contributed by atoms with Crippen molar-refractivity contribution >= 4 is 12.0 Å². The van der Waals surface area contributed by atoms with Crippen LogP contribution < -0.4 is 5.32 Å². The number of carbonyl (C=O) groups excluding carboxylic acids is 1. The summed E-state index contributed by atoms with van der Waals surface area (Å²) in [6, 6.07) is 10.7. The molecule has 0 unspecified atom stereocenters. The molecule has 3 heterocycles. The Morgan fingerprint density at radius 2 is 1.66 bits per heavy atom. The highest BCUT2D eigenvalue weighted by Gasteiger charge is 2.44. The van der Waals surface area contributed by atoms with Gasteiger partial charge in [0.25, 0.3) is 0 Å². The molecule has 0 atom stereocenters. The second-order valence-corrected chi connectivity index (χ2v) is 8.41. The van der Waals surface area contributed by atoms with E-state index in [1.807, 2.05) is 31.0 Å². The topological polar surface area (TPSA) is 87.5 Å². The molecule has 1 spiro atoms. The van der Waals surface area contributed by atoms with Crippen molar-refractivity contribution < 1.29 is 27.9 Å². The molecule has 10 heteroatoms. The maximum Gasteiger partial charge on any atom is 0.490 e. The molecule has 32 heavy (non-hydrogen) atoms. The molecule has 2 amide bonds. The molecule has 2 aliphatic rings. The SMILES string of the molecule is CC(C)NC(=O)N1CCC2(CC1)CCn1c(-c3ccccc3)cnc12.O=C(O)C(F)(F)F. The lowest BCUT2D eigenvalue weighted by molar-refractivity contribution is -0.192. The number of carboxylic acid groups (broad SMARTS) is 1. The smallest absolute Gasteiger partial charge is 0.475 e. The van der Waals surface area contributed by atoms with Crippen LogP contribution in [0.2, 0.25) is 0 Å². The third-order valence-electron chi connectivity index (χ3n) is 5.88. The largest absolute Gasteiger partial charge is 0.490 e. The fourth-order valence-corrected chi connectivity index (χ4v) is 4.25. The van der Waals surface area contributed by atoms with E-state index in [1.165, 1.54) is 17.1 Å². The number of nitrogens with one attached hydrogen (secondary N) is 1. The third kappa shape index (κ3) is 5.05. The van der Waals surface area contributed by atoms with Crippen molar-refractivity contribution in [2.24, 2.45) is 0 Å². The van der Waals surface area contributed by atoms with Gasteiger partial charge in [0, 0.05) is 31.1 Å². The van der Waals surface area contributed by atoms with E-state index in [1.54, 1.807) is 0 Å². The highest BCUT2D eigenvalue weighted by Crippen LogP contribution is 2.44. The van der Waals surface area contributed by atoms with Gasteiger partial charge in [-0.15, -0.1) is 0 Å². The van der Waals surface area contributed by atoms with Crippen LogP contribution in [0.5, 0.6) is 0 Å². The first-order chi connectivity index (χ1) is 15.0. The molecule has 2 aromatic rings. The number of aromatic nitrogens is 2. The lowest BCUT2D eigenvalue weighted by Crippen LogP contribution is -2.49. The molecule has 2 N–H and O–H groups in total. The summed E-state index contributed by atoms with van der Waals surface area (Å²) in [5, 5.41) is 10.1. The van der Waals surface area contributed by atoms with Gasteiger partial charge in [-0.2, -0.15) is 13.2 Å². The number of urea groups is 1. The van der Waals surface area contributed by atoms with Crippen LogP contribution >= 0.6 is 0 Å². The number of hydrogen-bond acceptors (Lipinski definition) is 3. The van der Waals surface area contributed by atoms with Crippen molar-refractivity contribution in [3.05, 3.63) is 42.4 Å². The van der Waals surface area contributed by atoms with Gasteiger partial charge in [-0.3, -0.25) is 0 Å². The standard InChI is InChI=1S/C20H26N4O.C2HF3O2/c1-15(2)22-19(25)23-11-8-20(9-12-23)10-13-24-17(14-21-18(20)24)16-6-4-3-5-7-16;3-2(4,5)1(6)7/h3-7,14-15H,8-13H2,1-2H3,(H,22,25);(H,6,7). The summed E-state index contributed by atoms with van der Waals surface area (Å²) in [6.45, 7) is 6.65. The minimum absolute atomic E-state index is 0.0659. The quantitative estimate of drug-likeness (QED) is 0.720. The Morgan fingerprint density at radius 1 is 1.09 bits per heavy atom.